The molecule has 0 bridgehead atoms. The van der Waals surface area contributed by atoms with Crippen LogP contribution in [0.25, 0.3) is 0 Å². The second-order valence-electron chi connectivity index (χ2n) is 5.06. The molecule has 0 amide bonds. The molecule has 0 aliphatic heterocycles. The third-order valence-electron chi connectivity index (χ3n) is 3.36. The number of halogens is 2. The van der Waals surface area contributed by atoms with E-state index in [1.807, 2.05) is 18.3 Å². The van der Waals surface area contributed by atoms with E-state index in [0.717, 1.165) is 12.2 Å². The summed E-state index contributed by atoms with van der Waals surface area (Å²) in [5, 5.41) is 9.05. The van der Waals surface area contributed by atoms with Gasteiger partial charge in [-0.25, -0.2) is 4.68 Å². The summed E-state index contributed by atoms with van der Waals surface area (Å²) in [6.45, 7) is 1.35. The van der Waals surface area contributed by atoms with Crippen molar-refractivity contribution in [2.45, 2.75) is 25.5 Å². The number of ether oxygens (including phenoxy) is 1. The molecule has 1 aromatic carbocycles. The van der Waals surface area contributed by atoms with E-state index >= 15 is 0 Å². The molecule has 1 aromatic heterocycles. The van der Waals surface area contributed by atoms with Gasteiger partial charge in [-0.1, -0.05) is 34.5 Å². The summed E-state index contributed by atoms with van der Waals surface area (Å²) in [6, 6.07) is 5.49. The molecule has 3 rings (SSSR count). The third-order valence-corrected chi connectivity index (χ3v) is 3.93. The minimum Gasteiger partial charge on any atom is -0.371 e. The van der Waals surface area contributed by atoms with Crippen molar-refractivity contribution in [2.75, 3.05) is 6.61 Å². The van der Waals surface area contributed by atoms with Gasteiger partial charge >= 0.3 is 0 Å². The van der Waals surface area contributed by atoms with E-state index in [-0.39, 0.29) is 6.10 Å². The fraction of sp³-hybridized carbons (Fsp3) is 0.429. The Morgan fingerprint density at radius 2 is 2.20 bits per heavy atom. The smallest absolute Gasteiger partial charge is 0.104 e. The standard InChI is InChI=1S/C14H15Cl2N3O/c15-11-3-4-12(13(16)7-11)14(20-9-10-1-2-10)8-19-6-5-17-18-19/h3-7,10,14H,1-2,8-9H2. The van der Waals surface area contributed by atoms with Crippen LogP contribution < -0.4 is 0 Å². The minimum atomic E-state index is -0.137. The Labute approximate surface area is 127 Å². The minimum absolute atomic E-state index is 0.137. The molecule has 4 nitrogen and oxygen atoms in total. The van der Waals surface area contributed by atoms with Crippen LogP contribution in [0.1, 0.15) is 24.5 Å². The Balaban J connectivity index is 1.78. The summed E-state index contributed by atoms with van der Waals surface area (Å²) >= 11 is 12.2. The zero-order valence-corrected chi connectivity index (χ0v) is 12.4. The van der Waals surface area contributed by atoms with Crippen LogP contribution in [0.5, 0.6) is 0 Å². The van der Waals surface area contributed by atoms with Crippen LogP contribution in [0.3, 0.4) is 0 Å². The molecule has 2 aromatic rings. The number of nitrogens with zero attached hydrogens (tertiary/aromatic N) is 3. The lowest BCUT2D eigenvalue weighted by Crippen LogP contribution is -2.15. The highest BCUT2D eigenvalue weighted by Gasteiger charge is 2.25. The average Bonchev–Trinajstić information content (AvgIpc) is 3.11. The topological polar surface area (TPSA) is 39.9 Å². The Morgan fingerprint density at radius 3 is 2.85 bits per heavy atom. The summed E-state index contributed by atoms with van der Waals surface area (Å²) in [6.07, 6.45) is 5.84. The zero-order chi connectivity index (χ0) is 13.9. The Kier molecular flexibility index (Phi) is 4.24. The molecular formula is C14H15Cl2N3O. The lowest BCUT2D eigenvalue weighted by atomic mass is 10.1. The first kappa shape index (κ1) is 13.9. The Bertz CT molecular complexity index is 570. The molecule has 6 heteroatoms. The highest BCUT2D eigenvalue weighted by molar-refractivity contribution is 6.35. The van der Waals surface area contributed by atoms with Gasteiger partial charge in [0.15, 0.2) is 0 Å². The largest absolute Gasteiger partial charge is 0.371 e. The number of rotatable bonds is 6. The van der Waals surface area contributed by atoms with Gasteiger partial charge in [0.2, 0.25) is 0 Å². The van der Waals surface area contributed by atoms with Gasteiger partial charge in [0.05, 0.1) is 19.3 Å². The molecule has 20 heavy (non-hydrogen) atoms. The molecule has 1 saturated carbocycles. The first-order valence-corrected chi connectivity index (χ1v) is 7.38. The summed E-state index contributed by atoms with van der Waals surface area (Å²) in [5.74, 6) is 0.694. The predicted octanol–water partition coefficient (Wildman–Crippen LogP) is 3.75. The van der Waals surface area contributed by atoms with Crippen molar-refractivity contribution in [1.82, 2.24) is 15.0 Å². The number of aromatic nitrogens is 3. The molecule has 0 radical (unpaired) electrons. The Morgan fingerprint density at radius 1 is 1.35 bits per heavy atom. The highest BCUT2D eigenvalue weighted by Crippen LogP contribution is 2.34. The molecule has 1 aliphatic rings. The summed E-state index contributed by atoms with van der Waals surface area (Å²) < 4.78 is 7.78. The highest BCUT2D eigenvalue weighted by atomic mass is 35.5. The van der Waals surface area contributed by atoms with Crippen LogP contribution in [-0.4, -0.2) is 21.6 Å². The van der Waals surface area contributed by atoms with E-state index in [9.17, 15) is 0 Å². The van der Waals surface area contributed by atoms with Crippen molar-refractivity contribution in [1.29, 1.82) is 0 Å². The molecule has 1 heterocycles. The normalized spacial score (nSPS) is 16.3. The quantitative estimate of drug-likeness (QED) is 0.815. The second kappa shape index (κ2) is 6.12. The SMILES string of the molecule is Clc1ccc(C(Cn2ccnn2)OCC2CC2)c(Cl)c1. The molecule has 0 N–H and O–H groups in total. The van der Waals surface area contributed by atoms with Crippen molar-refractivity contribution >= 4 is 23.2 Å². The van der Waals surface area contributed by atoms with Gasteiger partial charge in [0.25, 0.3) is 0 Å². The maximum absolute atomic E-state index is 6.29. The number of hydrogen-bond donors (Lipinski definition) is 0. The maximum atomic E-state index is 6.29. The second-order valence-corrected chi connectivity index (χ2v) is 5.90. The Hall–Kier alpha value is -1.10. The molecule has 1 aliphatic carbocycles. The zero-order valence-electron chi connectivity index (χ0n) is 10.9. The van der Waals surface area contributed by atoms with E-state index in [1.165, 1.54) is 12.8 Å². The third kappa shape index (κ3) is 3.51. The van der Waals surface area contributed by atoms with Crippen molar-refractivity contribution in [3.05, 3.63) is 46.2 Å². The van der Waals surface area contributed by atoms with Crippen molar-refractivity contribution in [3.8, 4) is 0 Å². The lowest BCUT2D eigenvalue weighted by molar-refractivity contribution is 0.0309. The van der Waals surface area contributed by atoms with Crippen molar-refractivity contribution in [2.24, 2.45) is 5.92 Å². The fourth-order valence-electron chi connectivity index (χ4n) is 2.04. The van der Waals surface area contributed by atoms with Crippen LogP contribution >= 0.6 is 23.2 Å². The number of hydrogen-bond acceptors (Lipinski definition) is 3. The van der Waals surface area contributed by atoms with Gasteiger partial charge in [-0.15, -0.1) is 5.10 Å². The molecule has 106 valence electrons. The van der Waals surface area contributed by atoms with Gasteiger partial charge in [0, 0.05) is 21.8 Å². The van der Waals surface area contributed by atoms with E-state index in [4.69, 9.17) is 27.9 Å². The van der Waals surface area contributed by atoms with Crippen LogP contribution in [0, 0.1) is 5.92 Å². The van der Waals surface area contributed by atoms with Gasteiger partial charge in [-0.2, -0.15) is 0 Å². The van der Waals surface area contributed by atoms with Gasteiger partial charge in [-0.05, 0) is 30.9 Å². The van der Waals surface area contributed by atoms with E-state index < -0.39 is 0 Å². The van der Waals surface area contributed by atoms with Crippen LogP contribution in [0.4, 0.5) is 0 Å². The van der Waals surface area contributed by atoms with E-state index in [2.05, 4.69) is 10.3 Å². The van der Waals surface area contributed by atoms with Gasteiger partial charge in [0.1, 0.15) is 6.10 Å². The predicted molar refractivity (Wildman–Crippen MR) is 77.9 cm³/mol. The summed E-state index contributed by atoms with van der Waals surface area (Å²) in [5.41, 5.74) is 0.937. The lowest BCUT2D eigenvalue weighted by Gasteiger charge is -2.19. The molecule has 0 spiro atoms. The van der Waals surface area contributed by atoms with E-state index in [0.29, 0.717) is 22.5 Å². The summed E-state index contributed by atoms with van der Waals surface area (Å²) in [4.78, 5) is 0. The van der Waals surface area contributed by atoms with Crippen LogP contribution in [0.15, 0.2) is 30.6 Å². The molecule has 1 atom stereocenters. The van der Waals surface area contributed by atoms with Crippen molar-refractivity contribution < 1.29 is 4.74 Å². The first-order valence-electron chi connectivity index (χ1n) is 6.63. The van der Waals surface area contributed by atoms with Gasteiger partial charge < -0.3 is 4.74 Å². The number of benzene rings is 1. The van der Waals surface area contributed by atoms with Crippen molar-refractivity contribution in [3.63, 3.8) is 0 Å². The monoisotopic (exact) mass is 311 g/mol. The van der Waals surface area contributed by atoms with Gasteiger partial charge in [-0.3, -0.25) is 0 Å². The molecule has 0 saturated heterocycles. The fourth-order valence-corrected chi connectivity index (χ4v) is 2.57. The summed E-state index contributed by atoms with van der Waals surface area (Å²) in [7, 11) is 0. The molecular weight excluding hydrogens is 297 g/mol. The molecule has 1 fully saturated rings. The van der Waals surface area contributed by atoms with E-state index in [1.54, 1.807) is 16.9 Å². The first-order chi connectivity index (χ1) is 9.72. The van der Waals surface area contributed by atoms with Crippen LogP contribution in [0.2, 0.25) is 10.0 Å². The van der Waals surface area contributed by atoms with Crippen LogP contribution in [-0.2, 0) is 11.3 Å². The molecule has 1 unspecified atom stereocenters. The average molecular weight is 312 g/mol. The maximum Gasteiger partial charge on any atom is 0.104 e.